The van der Waals surface area contributed by atoms with Gasteiger partial charge in [-0.1, -0.05) is 55.6 Å². The van der Waals surface area contributed by atoms with Gasteiger partial charge < -0.3 is 23.7 Å². The molecule has 45 heavy (non-hydrogen) atoms. The molecule has 0 aromatic heterocycles. The molecule has 3 aromatic carbocycles. The molecule has 0 fully saturated rings. The Morgan fingerprint density at radius 3 is 1.91 bits per heavy atom. The zero-order valence-corrected chi connectivity index (χ0v) is 25.2. The number of rotatable bonds is 18. The van der Waals surface area contributed by atoms with Crippen LogP contribution in [-0.2, 0) is 28.6 Å². The second-order valence-corrected chi connectivity index (χ2v) is 9.64. The number of benzene rings is 3. The first-order valence-corrected chi connectivity index (χ1v) is 14.3. The fourth-order valence-corrected chi connectivity index (χ4v) is 3.85. The summed E-state index contributed by atoms with van der Waals surface area (Å²) in [4.78, 5) is 46.7. The molecule has 0 heterocycles. The second-order valence-electron chi connectivity index (χ2n) is 9.64. The molecule has 0 bridgehead atoms. The van der Waals surface area contributed by atoms with Gasteiger partial charge in [0.25, 0.3) is 0 Å². The minimum Gasteiger partial charge on any atom is -0.494 e. The number of ketones is 1. The molecule has 0 saturated carbocycles. The van der Waals surface area contributed by atoms with Crippen molar-refractivity contribution in [2.45, 2.75) is 19.3 Å². The third-order valence-corrected chi connectivity index (χ3v) is 6.34. The molecule has 3 aromatic rings. The predicted octanol–water partition coefficient (Wildman–Crippen LogP) is 6.18. The maximum Gasteiger partial charge on any atom is 0.334 e. The molecule has 0 aliphatic heterocycles. The summed E-state index contributed by atoms with van der Waals surface area (Å²) in [7, 11) is 1.23. The van der Waals surface area contributed by atoms with E-state index in [1.807, 2.05) is 48.5 Å². The number of carbonyl (C=O) groups is 4. The van der Waals surface area contributed by atoms with E-state index in [0.717, 1.165) is 29.2 Å². The molecule has 0 amide bonds. The lowest BCUT2D eigenvalue weighted by atomic mass is 10.0. The standard InChI is InChI=1S/C36H36O9/c1-4-34(38)44-22-6-5-21-42-31-18-14-30(15-19-31)33(37)20-9-27-7-10-28(11-8-27)29-12-16-32(17-13-29)43-23-24-45-36(40)26(2)25-35(39)41-3/h4,7-20H,1-2,5-6,21-25H2,3H3/b20-9+. The van der Waals surface area contributed by atoms with E-state index in [9.17, 15) is 19.2 Å². The average molecular weight is 613 g/mol. The number of esters is 3. The molecule has 0 atom stereocenters. The fourth-order valence-electron chi connectivity index (χ4n) is 3.85. The Labute approximate surface area is 262 Å². The number of allylic oxidation sites excluding steroid dienone is 1. The van der Waals surface area contributed by atoms with E-state index in [0.29, 0.717) is 36.7 Å². The number of carbonyl (C=O) groups excluding carboxylic acids is 4. The summed E-state index contributed by atoms with van der Waals surface area (Å²) in [5, 5.41) is 0. The van der Waals surface area contributed by atoms with Crippen LogP contribution in [0.4, 0.5) is 0 Å². The van der Waals surface area contributed by atoms with Gasteiger partial charge in [0.05, 0.1) is 26.7 Å². The maximum atomic E-state index is 12.6. The lowest BCUT2D eigenvalue weighted by Gasteiger charge is -2.09. The van der Waals surface area contributed by atoms with E-state index in [4.69, 9.17) is 18.9 Å². The van der Waals surface area contributed by atoms with E-state index >= 15 is 0 Å². The minimum absolute atomic E-state index is 0.0111. The smallest absolute Gasteiger partial charge is 0.334 e. The first-order chi connectivity index (χ1) is 21.8. The molecule has 3 rings (SSSR count). The van der Waals surface area contributed by atoms with Crippen molar-refractivity contribution in [2.24, 2.45) is 0 Å². The number of ether oxygens (including phenoxy) is 5. The van der Waals surface area contributed by atoms with Gasteiger partial charge in [-0.25, -0.2) is 9.59 Å². The van der Waals surface area contributed by atoms with Crippen LogP contribution in [0.25, 0.3) is 17.2 Å². The van der Waals surface area contributed by atoms with Gasteiger partial charge in [0.1, 0.15) is 24.7 Å². The fraction of sp³-hybridized carbons (Fsp3) is 0.222. The Morgan fingerprint density at radius 2 is 1.29 bits per heavy atom. The molecule has 0 spiro atoms. The highest BCUT2D eigenvalue weighted by molar-refractivity contribution is 6.06. The monoisotopic (exact) mass is 612 g/mol. The van der Waals surface area contributed by atoms with E-state index in [-0.39, 0.29) is 31.0 Å². The highest BCUT2D eigenvalue weighted by Crippen LogP contribution is 2.23. The Bertz CT molecular complexity index is 1480. The normalized spacial score (nSPS) is 10.5. The zero-order chi connectivity index (χ0) is 32.4. The van der Waals surface area contributed by atoms with Crippen LogP contribution in [0.5, 0.6) is 11.5 Å². The van der Waals surface area contributed by atoms with E-state index in [1.165, 1.54) is 13.2 Å². The van der Waals surface area contributed by atoms with Crippen LogP contribution in [0, 0.1) is 0 Å². The van der Waals surface area contributed by atoms with Crippen LogP contribution in [0.2, 0.25) is 0 Å². The summed E-state index contributed by atoms with van der Waals surface area (Å²) in [5.41, 5.74) is 3.44. The minimum atomic E-state index is -0.669. The van der Waals surface area contributed by atoms with Crippen molar-refractivity contribution in [1.29, 1.82) is 0 Å². The van der Waals surface area contributed by atoms with Gasteiger partial charge in [-0.3, -0.25) is 9.59 Å². The van der Waals surface area contributed by atoms with Crippen LogP contribution < -0.4 is 9.47 Å². The summed E-state index contributed by atoms with van der Waals surface area (Å²) in [5.74, 6) is -0.504. The van der Waals surface area contributed by atoms with Crippen LogP contribution in [0.15, 0.2) is 104 Å². The summed E-state index contributed by atoms with van der Waals surface area (Å²) in [6.45, 7) is 7.83. The largest absolute Gasteiger partial charge is 0.494 e. The van der Waals surface area contributed by atoms with Gasteiger partial charge >= 0.3 is 17.9 Å². The predicted molar refractivity (Wildman–Crippen MR) is 170 cm³/mol. The SMILES string of the molecule is C=CC(=O)OCCCCOc1ccc(C(=O)/C=C/c2ccc(-c3ccc(OCCOC(=O)C(=C)CC(=O)OC)cc3)cc2)cc1. The highest BCUT2D eigenvalue weighted by atomic mass is 16.6. The Hall–Kier alpha value is -5.44. The van der Waals surface area contributed by atoms with Gasteiger partial charge in [0.2, 0.25) is 0 Å². The van der Waals surface area contributed by atoms with E-state index in [1.54, 1.807) is 30.3 Å². The molecule has 234 valence electrons. The molecular weight excluding hydrogens is 576 g/mol. The molecule has 0 saturated heterocycles. The maximum absolute atomic E-state index is 12.6. The lowest BCUT2D eigenvalue weighted by Crippen LogP contribution is -2.15. The van der Waals surface area contributed by atoms with Crippen molar-refractivity contribution >= 4 is 29.8 Å². The summed E-state index contributed by atoms with van der Waals surface area (Å²) in [6.07, 6.45) is 5.63. The number of hydrogen-bond acceptors (Lipinski definition) is 9. The summed E-state index contributed by atoms with van der Waals surface area (Å²) in [6, 6.07) is 22.2. The topological polar surface area (TPSA) is 114 Å². The van der Waals surface area contributed by atoms with Gasteiger partial charge in [-0.2, -0.15) is 0 Å². The molecular formula is C36H36O9. The van der Waals surface area contributed by atoms with Crippen molar-refractivity contribution in [2.75, 3.05) is 33.5 Å². The second kappa shape index (κ2) is 18.3. The first kappa shape index (κ1) is 34.1. The van der Waals surface area contributed by atoms with Crippen LogP contribution in [0.1, 0.15) is 35.2 Å². The first-order valence-electron chi connectivity index (χ1n) is 14.3. The number of hydrogen-bond donors (Lipinski definition) is 0. The lowest BCUT2D eigenvalue weighted by molar-refractivity contribution is -0.144. The van der Waals surface area contributed by atoms with E-state index < -0.39 is 17.9 Å². The molecule has 9 nitrogen and oxygen atoms in total. The quantitative estimate of drug-likeness (QED) is 0.0546. The Kier molecular flexibility index (Phi) is 13.8. The van der Waals surface area contributed by atoms with Gasteiger partial charge in [0.15, 0.2) is 5.78 Å². The Morgan fingerprint density at radius 1 is 0.711 bits per heavy atom. The van der Waals surface area contributed by atoms with Crippen LogP contribution >= 0.6 is 0 Å². The number of methoxy groups -OCH3 is 1. The van der Waals surface area contributed by atoms with Crippen molar-refractivity contribution in [3.05, 3.63) is 115 Å². The van der Waals surface area contributed by atoms with E-state index in [2.05, 4.69) is 17.9 Å². The molecule has 0 aliphatic carbocycles. The Balaban J connectivity index is 1.40. The van der Waals surface area contributed by atoms with Crippen molar-refractivity contribution in [1.82, 2.24) is 0 Å². The summed E-state index contributed by atoms with van der Waals surface area (Å²) < 4.78 is 25.8. The van der Waals surface area contributed by atoms with Gasteiger partial charge in [-0.05, 0) is 72.0 Å². The molecule has 0 aliphatic rings. The van der Waals surface area contributed by atoms with Crippen LogP contribution in [-0.4, -0.2) is 57.2 Å². The number of unbranched alkanes of at least 4 members (excludes halogenated alkanes) is 1. The third-order valence-electron chi connectivity index (χ3n) is 6.34. The molecule has 0 unspecified atom stereocenters. The van der Waals surface area contributed by atoms with Gasteiger partial charge in [-0.15, -0.1) is 0 Å². The van der Waals surface area contributed by atoms with Crippen molar-refractivity contribution < 1.29 is 42.9 Å². The van der Waals surface area contributed by atoms with Gasteiger partial charge in [0, 0.05) is 17.2 Å². The molecule has 9 heteroatoms. The van der Waals surface area contributed by atoms with Crippen molar-refractivity contribution in [3.8, 4) is 22.6 Å². The van der Waals surface area contributed by atoms with Crippen LogP contribution in [0.3, 0.4) is 0 Å². The third kappa shape index (κ3) is 12.0. The summed E-state index contributed by atoms with van der Waals surface area (Å²) >= 11 is 0. The highest BCUT2D eigenvalue weighted by Gasteiger charge is 2.13. The molecule has 0 radical (unpaired) electrons. The van der Waals surface area contributed by atoms with Crippen molar-refractivity contribution in [3.63, 3.8) is 0 Å². The zero-order valence-electron chi connectivity index (χ0n) is 25.2. The average Bonchev–Trinajstić information content (AvgIpc) is 3.07. The molecule has 0 N–H and O–H groups in total.